The highest BCUT2D eigenvalue weighted by Crippen LogP contribution is 2.40. The van der Waals surface area contributed by atoms with Gasteiger partial charge >= 0.3 is 0 Å². The molecule has 1 aromatic heterocycles. The van der Waals surface area contributed by atoms with E-state index in [2.05, 4.69) is 204 Å². The van der Waals surface area contributed by atoms with Gasteiger partial charge in [-0.25, -0.2) is 0 Å². The summed E-state index contributed by atoms with van der Waals surface area (Å²) in [5, 5.41) is 8.10. The van der Waals surface area contributed by atoms with Crippen molar-refractivity contribution in [1.82, 2.24) is 0 Å². The highest BCUT2D eigenvalue weighted by atomic mass is 16.3. The van der Waals surface area contributed by atoms with Gasteiger partial charge < -0.3 is 4.42 Å². The van der Waals surface area contributed by atoms with Crippen molar-refractivity contribution >= 4 is 296 Å². The van der Waals surface area contributed by atoms with Crippen LogP contribution in [0.5, 0.6) is 0 Å². The number of benzene rings is 8. The number of fused-ring (bicyclic) bond motifs is 5. The summed E-state index contributed by atoms with van der Waals surface area (Å²) < 4.78 is 6.90. The van der Waals surface area contributed by atoms with Crippen LogP contribution in [0.15, 0.2) is 59.0 Å². The molecule has 9 rings (SSSR count). The van der Waals surface area contributed by atoms with Gasteiger partial charge in [0.05, 0.1) is 0 Å². The van der Waals surface area contributed by atoms with E-state index >= 15 is 0 Å². The third-order valence-corrected chi connectivity index (χ3v) is 17.1. The first-order valence-corrected chi connectivity index (χ1v) is 23.4. The average Bonchev–Trinajstić information content (AvgIpc) is 3.71. The van der Waals surface area contributed by atoms with E-state index in [-0.39, 0.29) is 0 Å². The molecule has 1 nitrogen and oxygen atoms in total. The summed E-state index contributed by atoms with van der Waals surface area (Å²) in [5.41, 5.74) is 38.3. The molecule has 9 aromatic rings. The second kappa shape index (κ2) is 15.7. The average molecular weight is 797 g/mol. The van der Waals surface area contributed by atoms with Gasteiger partial charge in [0.25, 0.3) is 0 Å². The maximum absolute atomic E-state index is 6.90. The SMILES string of the molecule is Bc1c(B)c(-c2c3c(B)c(B)c(B)c(B)c3c(-c3ccc(-c4ccccc4)cc3)c3c(B)c(B)c(B)c(B)c23)c(B)c(B)c1-c1c(B)c(B)c2oc3c(B)c(B)c(B)c(B)c3c2c1B. The van der Waals surface area contributed by atoms with Crippen molar-refractivity contribution in [3.05, 3.63) is 54.6 Å². The molecule has 0 radical (unpaired) electrons. The van der Waals surface area contributed by atoms with Gasteiger partial charge in [-0.1, -0.05) is 131 Å². The second-order valence-corrected chi connectivity index (χ2v) is 19.7. The quantitative estimate of drug-likeness (QED) is 0.128. The van der Waals surface area contributed by atoms with Crippen LogP contribution in [0.2, 0.25) is 0 Å². The topological polar surface area (TPSA) is 13.1 Å². The van der Waals surface area contributed by atoms with E-state index in [0.29, 0.717) is 0 Å². The molecule has 0 saturated carbocycles. The molecule has 0 aliphatic carbocycles. The molecule has 8 aromatic carbocycles. The largest absolute Gasteiger partial charge is 0.457 e. The van der Waals surface area contributed by atoms with E-state index in [9.17, 15) is 0 Å². The van der Waals surface area contributed by atoms with Crippen LogP contribution in [0, 0.1) is 0 Å². The monoisotopic (exact) mass is 801 g/mol. The van der Waals surface area contributed by atoms with Crippen LogP contribution in [-0.4, -0.2) is 149 Å². The molecule has 64 heavy (non-hydrogen) atoms. The van der Waals surface area contributed by atoms with E-state index in [1.165, 1.54) is 181 Å². The second-order valence-electron chi connectivity index (χ2n) is 19.7. The third-order valence-electron chi connectivity index (χ3n) is 17.1. The zero-order chi connectivity index (χ0) is 46.3. The summed E-state index contributed by atoms with van der Waals surface area (Å²) >= 11 is 0. The summed E-state index contributed by atoms with van der Waals surface area (Å²) in [6.45, 7) is 0. The lowest BCUT2D eigenvalue weighted by atomic mass is 9.56. The van der Waals surface area contributed by atoms with Crippen molar-refractivity contribution in [2.45, 2.75) is 0 Å². The predicted molar refractivity (Wildman–Crippen MR) is 346 cm³/mol. The fourth-order valence-corrected chi connectivity index (χ4v) is 11.9. The van der Waals surface area contributed by atoms with E-state index in [0.717, 1.165) is 11.2 Å². The molecule has 0 amide bonds. The van der Waals surface area contributed by atoms with Gasteiger partial charge in [0.15, 0.2) is 0 Å². The first-order chi connectivity index (χ1) is 30.2. The molecular formula is C44H47B19O. The van der Waals surface area contributed by atoms with Gasteiger partial charge in [-0.3, -0.25) is 0 Å². The van der Waals surface area contributed by atoms with Crippen molar-refractivity contribution in [2.24, 2.45) is 0 Å². The molecule has 0 aliphatic rings. The molecule has 0 unspecified atom stereocenters. The van der Waals surface area contributed by atoms with Gasteiger partial charge in [0.1, 0.15) is 160 Å². The smallest absolute Gasteiger partial charge is 0.143 e. The van der Waals surface area contributed by atoms with Gasteiger partial charge in [0, 0.05) is 10.8 Å². The lowest BCUT2D eigenvalue weighted by Crippen LogP contribution is -2.51. The van der Waals surface area contributed by atoms with Crippen LogP contribution in [0.1, 0.15) is 0 Å². The van der Waals surface area contributed by atoms with E-state index in [1.54, 1.807) is 0 Å². The Morgan fingerprint density at radius 1 is 0.203 bits per heavy atom. The molecule has 0 fully saturated rings. The summed E-state index contributed by atoms with van der Waals surface area (Å²) in [6.07, 6.45) is 0. The Morgan fingerprint density at radius 2 is 0.484 bits per heavy atom. The number of rotatable bonds is 4. The molecular weight excluding hydrogens is 750 g/mol. The number of hydrogen-bond donors (Lipinski definition) is 0. The maximum Gasteiger partial charge on any atom is 0.143 e. The van der Waals surface area contributed by atoms with Crippen LogP contribution in [0.3, 0.4) is 0 Å². The molecule has 0 atom stereocenters. The summed E-state index contributed by atoms with van der Waals surface area (Å²) in [7, 11) is 44.4. The lowest BCUT2D eigenvalue weighted by molar-refractivity contribution is 0.675. The Kier molecular flexibility index (Phi) is 10.9. The van der Waals surface area contributed by atoms with E-state index < -0.39 is 0 Å². The van der Waals surface area contributed by atoms with E-state index in [1.807, 2.05) is 0 Å². The van der Waals surface area contributed by atoms with Crippen LogP contribution in [-0.2, 0) is 0 Å². The standard InChI is InChI=1S/C44H47B19O/c45-24-20(33(54)41(62)43-22(24)23-34(55)39(60)40(61)42(63)44(23)64-43)21-31(52)29(50)19(30(51)32(21)53)14-17-15(25(46)35(56)37(58)27(17)48)13(16-18(14)28(49)38(59)36(57)26(16)47)12-8-6-11(7-9-12)10-4-2-1-3-5-10/h1-9H,45-63H2. The van der Waals surface area contributed by atoms with Gasteiger partial charge in [0.2, 0.25) is 0 Å². The maximum atomic E-state index is 6.90. The molecule has 286 valence electrons. The minimum Gasteiger partial charge on any atom is -0.457 e. The Balaban J connectivity index is 1.44. The first kappa shape index (κ1) is 44.5. The Hall–Kier alpha value is -4.69. The molecule has 0 N–H and O–H groups in total. The molecule has 0 aliphatic heterocycles. The Bertz CT molecular complexity index is 3470. The van der Waals surface area contributed by atoms with Crippen LogP contribution in [0.25, 0.3) is 88.0 Å². The Morgan fingerprint density at radius 3 is 0.922 bits per heavy atom. The van der Waals surface area contributed by atoms with Crippen molar-refractivity contribution in [2.75, 3.05) is 0 Å². The highest BCUT2D eigenvalue weighted by molar-refractivity contribution is 6.74. The third kappa shape index (κ3) is 6.05. The van der Waals surface area contributed by atoms with Crippen molar-refractivity contribution in [1.29, 1.82) is 0 Å². The minimum absolute atomic E-state index is 1.03. The van der Waals surface area contributed by atoms with Crippen LogP contribution < -0.4 is 104 Å². The van der Waals surface area contributed by atoms with Crippen molar-refractivity contribution in [3.8, 4) is 44.5 Å². The minimum atomic E-state index is 1.03. The van der Waals surface area contributed by atoms with E-state index in [4.69, 9.17) is 4.42 Å². The lowest BCUT2D eigenvalue weighted by Gasteiger charge is -2.31. The van der Waals surface area contributed by atoms with Gasteiger partial charge in [-0.15, -0.1) is 27.3 Å². The zero-order valence-electron chi connectivity index (χ0n) is 42.1. The van der Waals surface area contributed by atoms with Crippen LogP contribution in [0.4, 0.5) is 0 Å². The summed E-state index contributed by atoms with van der Waals surface area (Å²) in [5.74, 6) is 0. The Labute approximate surface area is 397 Å². The molecule has 0 saturated heterocycles. The fourth-order valence-electron chi connectivity index (χ4n) is 11.9. The fraction of sp³-hybridized carbons (Fsp3) is 0. The van der Waals surface area contributed by atoms with Crippen molar-refractivity contribution in [3.63, 3.8) is 0 Å². The number of furan rings is 1. The molecule has 20 heteroatoms. The predicted octanol–water partition coefficient (Wildman–Crippen LogP) is -20.5. The van der Waals surface area contributed by atoms with Crippen molar-refractivity contribution < 1.29 is 4.42 Å². The normalized spacial score (nSPS) is 11.7. The van der Waals surface area contributed by atoms with Crippen LogP contribution >= 0.6 is 0 Å². The van der Waals surface area contributed by atoms with Gasteiger partial charge in [-0.05, 0) is 66.1 Å². The zero-order valence-corrected chi connectivity index (χ0v) is 42.1. The summed E-state index contributed by atoms with van der Waals surface area (Å²) in [4.78, 5) is 0. The first-order valence-electron chi connectivity index (χ1n) is 23.4. The summed E-state index contributed by atoms with van der Waals surface area (Å²) in [6, 6.07) is 20.2. The number of hydrogen-bond acceptors (Lipinski definition) is 1. The molecule has 0 spiro atoms. The highest BCUT2D eigenvalue weighted by Gasteiger charge is 2.29. The van der Waals surface area contributed by atoms with Gasteiger partial charge in [-0.2, -0.15) is 0 Å². The molecule has 1 heterocycles. The molecule has 0 bridgehead atoms.